The van der Waals surface area contributed by atoms with E-state index < -0.39 is 13.4 Å². The molecule has 0 aliphatic heterocycles. The summed E-state index contributed by atoms with van der Waals surface area (Å²) < 4.78 is 17.0. The third kappa shape index (κ3) is 5.34. The smallest absolute Gasteiger partial charge is 0.387 e. The van der Waals surface area contributed by atoms with Crippen molar-refractivity contribution in [3.63, 3.8) is 0 Å². The van der Waals surface area contributed by atoms with Crippen LogP contribution in [0.15, 0.2) is 54.6 Å². The number of nitrogens with two attached hydrogens (primary N) is 1. The van der Waals surface area contributed by atoms with Crippen molar-refractivity contribution >= 4 is 7.60 Å². The molecule has 23 heavy (non-hydrogen) atoms. The van der Waals surface area contributed by atoms with Crippen molar-refractivity contribution in [2.24, 2.45) is 0 Å². The van der Waals surface area contributed by atoms with Gasteiger partial charge < -0.3 is 32.2 Å². The number of benzene rings is 2. The SMILES string of the molecule is COc1ccc([C@H]([NH2+][C@@H](C)c2ccccc2)P(=O)(O)O)cc1.[Cl-]. The van der Waals surface area contributed by atoms with Crippen LogP contribution in [0.4, 0.5) is 0 Å². The highest BCUT2D eigenvalue weighted by molar-refractivity contribution is 7.51. The van der Waals surface area contributed by atoms with Crippen molar-refractivity contribution in [2.75, 3.05) is 7.11 Å². The molecule has 0 saturated carbocycles. The first kappa shape index (κ1) is 19.7. The molecule has 126 valence electrons. The molecule has 2 aromatic carbocycles. The molecular formula is C16H21ClNO4P. The average molecular weight is 358 g/mol. The number of methoxy groups -OCH3 is 1. The third-order valence-electron chi connectivity index (χ3n) is 3.62. The zero-order chi connectivity index (χ0) is 16.2. The largest absolute Gasteiger partial charge is 1.00 e. The van der Waals surface area contributed by atoms with Gasteiger partial charge >= 0.3 is 7.60 Å². The van der Waals surface area contributed by atoms with Gasteiger partial charge in [-0.15, -0.1) is 0 Å². The fraction of sp³-hybridized carbons (Fsp3) is 0.250. The summed E-state index contributed by atoms with van der Waals surface area (Å²) in [6, 6.07) is 16.4. The molecule has 0 aliphatic rings. The predicted molar refractivity (Wildman–Crippen MR) is 84.6 cm³/mol. The minimum Gasteiger partial charge on any atom is -1.00 e. The Bertz CT molecular complexity index is 645. The van der Waals surface area contributed by atoms with Gasteiger partial charge in [0.05, 0.1) is 7.11 Å². The van der Waals surface area contributed by atoms with E-state index in [-0.39, 0.29) is 18.4 Å². The van der Waals surface area contributed by atoms with Gasteiger partial charge in [-0.2, -0.15) is 0 Å². The summed E-state index contributed by atoms with van der Waals surface area (Å²) in [7, 11) is -2.74. The molecule has 0 radical (unpaired) electrons. The lowest BCUT2D eigenvalue weighted by Crippen LogP contribution is -3.00. The standard InChI is InChI=1S/C16H20NO4P.ClH/c1-12(13-6-4-3-5-7-13)17-16(22(18,19)20)14-8-10-15(21-2)11-9-14;/h3-12,16-17H,1-2H3,(H2,18,19,20);1H/t12-,16+;/m0./s1. The van der Waals surface area contributed by atoms with Crippen molar-refractivity contribution in [1.82, 2.24) is 0 Å². The van der Waals surface area contributed by atoms with Crippen LogP contribution in [0.3, 0.4) is 0 Å². The normalized spacial score (nSPS) is 13.7. The lowest BCUT2D eigenvalue weighted by atomic mass is 10.1. The number of halogens is 1. The van der Waals surface area contributed by atoms with Gasteiger partial charge in [0.1, 0.15) is 11.8 Å². The second-order valence-corrected chi connectivity index (χ2v) is 6.93. The summed E-state index contributed by atoms with van der Waals surface area (Å²) in [6.45, 7) is 1.93. The summed E-state index contributed by atoms with van der Waals surface area (Å²) in [5.41, 5.74) is 1.60. The first-order chi connectivity index (χ1) is 10.4. The van der Waals surface area contributed by atoms with Crippen LogP contribution in [0.5, 0.6) is 5.75 Å². The maximum absolute atomic E-state index is 11.9. The Hall–Kier alpha value is -1.36. The Balaban J connectivity index is 0.00000264. The Morgan fingerprint density at radius 3 is 2.04 bits per heavy atom. The zero-order valence-corrected chi connectivity index (χ0v) is 14.6. The van der Waals surface area contributed by atoms with Gasteiger partial charge in [-0.25, -0.2) is 0 Å². The molecule has 7 heteroatoms. The van der Waals surface area contributed by atoms with Gasteiger partial charge in [-0.05, 0) is 31.2 Å². The Kier molecular flexibility index (Phi) is 7.26. The van der Waals surface area contributed by atoms with Crippen LogP contribution in [0.1, 0.15) is 29.9 Å². The first-order valence-electron chi connectivity index (χ1n) is 7.01. The van der Waals surface area contributed by atoms with Crippen molar-refractivity contribution in [3.8, 4) is 5.75 Å². The van der Waals surface area contributed by atoms with E-state index in [1.54, 1.807) is 36.7 Å². The van der Waals surface area contributed by atoms with Gasteiger partial charge in [0.2, 0.25) is 5.78 Å². The molecule has 2 rings (SSSR count). The van der Waals surface area contributed by atoms with Crippen molar-refractivity contribution in [2.45, 2.75) is 18.7 Å². The molecule has 5 nitrogen and oxygen atoms in total. The Morgan fingerprint density at radius 2 is 1.57 bits per heavy atom. The van der Waals surface area contributed by atoms with Crippen LogP contribution in [0, 0.1) is 0 Å². The molecule has 4 N–H and O–H groups in total. The minimum atomic E-state index is -4.29. The molecule has 2 atom stereocenters. The van der Waals surface area contributed by atoms with Crippen LogP contribution >= 0.6 is 7.60 Å². The molecule has 0 saturated heterocycles. The molecule has 0 spiro atoms. The molecule has 2 aromatic rings. The highest BCUT2D eigenvalue weighted by atomic mass is 35.5. The first-order valence-corrected chi connectivity index (χ1v) is 8.69. The van der Waals surface area contributed by atoms with E-state index in [0.717, 1.165) is 5.56 Å². The lowest BCUT2D eigenvalue weighted by Gasteiger charge is -2.21. The molecular weight excluding hydrogens is 337 g/mol. The van der Waals surface area contributed by atoms with Gasteiger partial charge in [0.15, 0.2) is 0 Å². The molecule has 0 heterocycles. The van der Waals surface area contributed by atoms with E-state index in [4.69, 9.17) is 4.74 Å². The summed E-state index contributed by atoms with van der Waals surface area (Å²) in [4.78, 5) is 19.4. The zero-order valence-electron chi connectivity index (χ0n) is 13.0. The minimum absolute atomic E-state index is 0. The number of ether oxygens (including phenoxy) is 1. The van der Waals surface area contributed by atoms with E-state index >= 15 is 0 Å². The fourth-order valence-corrected chi connectivity index (χ4v) is 3.40. The van der Waals surface area contributed by atoms with Crippen molar-refractivity contribution < 1.29 is 36.8 Å². The van der Waals surface area contributed by atoms with Crippen LogP contribution < -0.4 is 22.5 Å². The molecule has 0 aliphatic carbocycles. The maximum Gasteiger partial charge on any atom is 0.387 e. The third-order valence-corrected chi connectivity index (χ3v) is 4.81. The number of rotatable bonds is 6. The summed E-state index contributed by atoms with van der Waals surface area (Å²) in [5.74, 6) is -0.280. The Labute approximate surface area is 142 Å². The van der Waals surface area contributed by atoms with Crippen molar-refractivity contribution in [1.29, 1.82) is 0 Å². The predicted octanol–water partition coefficient (Wildman–Crippen LogP) is -0.800. The summed E-state index contributed by atoms with van der Waals surface area (Å²) in [6.07, 6.45) is 0. The number of hydrogen-bond acceptors (Lipinski definition) is 2. The molecule has 0 amide bonds. The van der Waals surface area contributed by atoms with Crippen LogP contribution in [-0.2, 0) is 4.57 Å². The lowest BCUT2D eigenvalue weighted by molar-refractivity contribution is -0.714. The second kappa shape index (κ2) is 8.48. The molecule has 0 aromatic heterocycles. The number of quaternary nitrogens is 1. The number of hydrogen-bond donors (Lipinski definition) is 3. The van der Waals surface area contributed by atoms with E-state index in [0.29, 0.717) is 11.3 Å². The summed E-state index contributed by atoms with van der Waals surface area (Å²) >= 11 is 0. The van der Waals surface area contributed by atoms with Gasteiger partial charge in [-0.1, -0.05) is 30.3 Å². The maximum atomic E-state index is 11.9. The molecule has 0 bridgehead atoms. The summed E-state index contributed by atoms with van der Waals surface area (Å²) in [5, 5.41) is 1.71. The van der Waals surface area contributed by atoms with E-state index in [9.17, 15) is 14.4 Å². The monoisotopic (exact) mass is 357 g/mol. The van der Waals surface area contributed by atoms with Crippen molar-refractivity contribution in [3.05, 3.63) is 65.7 Å². The van der Waals surface area contributed by atoms with Gasteiger partial charge in [0, 0.05) is 11.1 Å². The van der Waals surface area contributed by atoms with Crippen LogP contribution in [0.25, 0.3) is 0 Å². The van der Waals surface area contributed by atoms with E-state index in [1.165, 1.54) is 0 Å². The van der Waals surface area contributed by atoms with E-state index in [1.807, 2.05) is 37.3 Å². The fourth-order valence-electron chi connectivity index (χ4n) is 2.36. The quantitative estimate of drug-likeness (QED) is 0.591. The van der Waals surface area contributed by atoms with Crippen LogP contribution in [0.2, 0.25) is 0 Å². The van der Waals surface area contributed by atoms with Gasteiger partial charge in [0.25, 0.3) is 0 Å². The topological polar surface area (TPSA) is 83.4 Å². The molecule has 0 unspecified atom stereocenters. The Morgan fingerprint density at radius 1 is 1.00 bits per heavy atom. The highest BCUT2D eigenvalue weighted by Gasteiger charge is 2.35. The van der Waals surface area contributed by atoms with Crippen LogP contribution in [-0.4, -0.2) is 16.9 Å². The average Bonchev–Trinajstić information content (AvgIpc) is 2.52. The van der Waals surface area contributed by atoms with E-state index in [2.05, 4.69) is 0 Å². The highest BCUT2D eigenvalue weighted by Crippen LogP contribution is 2.47. The second-order valence-electron chi connectivity index (χ2n) is 5.20. The molecule has 0 fully saturated rings. The van der Waals surface area contributed by atoms with Gasteiger partial charge in [-0.3, -0.25) is 4.57 Å².